The zero-order chi connectivity index (χ0) is 15.3. The Balaban J connectivity index is 1.54. The Morgan fingerprint density at radius 3 is 2.59 bits per heavy atom. The van der Waals surface area contributed by atoms with Gasteiger partial charge in [0.25, 0.3) is 5.91 Å². The number of hydrogen-bond donors (Lipinski definition) is 1. The van der Waals surface area contributed by atoms with Crippen LogP contribution in [0.4, 0.5) is 5.69 Å². The Kier molecular flexibility index (Phi) is 3.18. The van der Waals surface area contributed by atoms with Crippen LogP contribution in [0.5, 0.6) is 0 Å². The highest BCUT2D eigenvalue weighted by atomic mass is 16.2. The van der Waals surface area contributed by atoms with Crippen molar-refractivity contribution in [3.05, 3.63) is 29.3 Å². The van der Waals surface area contributed by atoms with E-state index in [-0.39, 0.29) is 11.8 Å². The quantitative estimate of drug-likeness (QED) is 0.838. The van der Waals surface area contributed by atoms with E-state index in [0.29, 0.717) is 11.8 Å². The predicted molar refractivity (Wildman–Crippen MR) is 83.9 cm³/mol. The standard InChI is InChI=1S/C17H21N3O2/c1-11(21)20-5-4-12-6-13(2-3-16(12)20)17(22)19-9-14-7-18-8-15(14)10-19/h2-3,6,14-15,18H,4-5,7-10H2,1H3/t14-,15+. The van der Waals surface area contributed by atoms with Crippen LogP contribution >= 0.6 is 0 Å². The number of likely N-dealkylation sites (tertiary alicyclic amines) is 1. The number of nitrogens with one attached hydrogen (secondary N) is 1. The number of nitrogens with zero attached hydrogens (tertiary/aromatic N) is 2. The molecule has 0 spiro atoms. The summed E-state index contributed by atoms with van der Waals surface area (Å²) >= 11 is 0. The summed E-state index contributed by atoms with van der Waals surface area (Å²) in [5, 5.41) is 3.40. The maximum absolute atomic E-state index is 12.7. The molecule has 0 saturated carbocycles. The van der Waals surface area contributed by atoms with Crippen LogP contribution in [0.1, 0.15) is 22.8 Å². The fraction of sp³-hybridized carbons (Fsp3) is 0.529. The fourth-order valence-corrected chi connectivity index (χ4v) is 4.07. The SMILES string of the molecule is CC(=O)N1CCc2cc(C(=O)N3C[C@H]4CNC[C@H]4C3)ccc21. The van der Waals surface area contributed by atoms with Gasteiger partial charge < -0.3 is 15.1 Å². The largest absolute Gasteiger partial charge is 0.338 e. The van der Waals surface area contributed by atoms with E-state index in [1.54, 1.807) is 11.8 Å². The molecule has 3 heterocycles. The third kappa shape index (κ3) is 2.11. The molecular formula is C17H21N3O2. The van der Waals surface area contributed by atoms with Crippen LogP contribution in [0.15, 0.2) is 18.2 Å². The minimum Gasteiger partial charge on any atom is -0.338 e. The van der Waals surface area contributed by atoms with Gasteiger partial charge in [0.05, 0.1) is 0 Å². The lowest BCUT2D eigenvalue weighted by Gasteiger charge is -2.19. The normalized spacial score (nSPS) is 26.2. The van der Waals surface area contributed by atoms with E-state index in [9.17, 15) is 9.59 Å². The molecule has 0 unspecified atom stereocenters. The molecule has 0 bridgehead atoms. The molecule has 3 aliphatic heterocycles. The minimum absolute atomic E-state index is 0.0673. The maximum atomic E-state index is 12.7. The van der Waals surface area contributed by atoms with E-state index in [0.717, 1.165) is 56.0 Å². The van der Waals surface area contributed by atoms with E-state index in [2.05, 4.69) is 5.32 Å². The van der Waals surface area contributed by atoms with Gasteiger partial charge in [-0.1, -0.05) is 0 Å². The van der Waals surface area contributed by atoms with Crippen molar-refractivity contribution >= 4 is 17.5 Å². The number of hydrogen-bond acceptors (Lipinski definition) is 3. The summed E-state index contributed by atoms with van der Waals surface area (Å²) in [4.78, 5) is 28.1. The number of carbonyl (C=O) groups excluding carboxylic acids is 2. The number of rotatable bonds is 1. The van der Waals surface area contributed by atoms with Crippen LogP contribution in [0, 0.1) is 11.8 Å². The predicted octanol–water partition coefficient (Wildman–Crippen LogP) is 0.887. The van der Waals surface area contributed by atoms with Crippen LogP contribution in [0.25, 0.3) is 0 Å². The first-order chi connectivity index (χ1) is 10.6. The van der Waals surface area contributed by atoms with Gasteiger partial charge >= 0.3 is 0 Å². The van der Waals surface area contributed by atoms with E-state index in [1.165, 1.54) is 0 Å². The van der Waals surface area contributed by atoms with Crippen molar-refractivity contribution in [1.82, 2.24) is 10.2 Å². The second kappa shape index (κ2) is 5.09. The van der Waals surface area contributed by atoms with Crippen molar-refractivity contribution in [1.29, 1.82) is 0 Å². The average molecular weight is 299 g/mol. The highest BCUT2D eigenvalue weighted by Crippen LogP contribution is 2.31. The lowest BCUT2D eigenvalue weighted by molar-refractivity contribution is -0.116. The highest BCUT2D eigenvalue weighted by molar-refractivity contribution is 5.98. The first-order valence-electron chi connectivity index (χ1n) is 8.04. The van der Waals surface area contributed by atoms with E-state index >= 15 is 0 Å². The summed E-state index contributed by atoms with van der Waals surface area (Å²) in [6.45, 7) is 6.12. The Hall–Kier alpha value is -1.88. The van der Waals surface area contributed by atoms with E-state index < -0.39 is 0 Å². The third-order valence-corrected chi connectivity index (χ3v) is 5.28. The Morgan fingerprint density at radius 2 is 1.91 bits per heavy atom. The zero-order valence-electron chi connectivity index (χ0n) is 12.8. The number of anilines is 1. The molecular weight excluding hydrogens is 278 g/mol. The van der Waals surface area contributed by atoms with Gasteiger partial charge in [-0.2, -0.15) is 0 Å². The van der Waals surface area contributed by atoms with E-state index in [4.69, 9.17) is 0 Å². The van der Waals surface area contributed by atoms with Crippen molar-refractivity contribution in [2.24, 2.45) is 11.8 Å². The molecule has 3 aliphatic rings. The van der Waals surface area contributed by atoms with Gasteiger partial charge in [0.2, 0.25) is 5.91 Å². The third-order valence-electron chi connectivity index (χ3n) is 5.28. The number of amides is 2. The molecule has 2 fully saturated rings. The lowest BCUT2D eigenvalue weighted by atomic mass is 10.0. The lowest BCUT2D eigenvalue weighted by Crippen LogP contribution is -2.31. The van der Waals surface area contributed by atoms with Crippen LogP contribution in [-0.4, -0.2) is 49.4 Å². The van der Waals surface area contributed by atoms with Gasteiger partial charge in [-0.3, -0.25) is 9.59 Å². The fourth-order valence-electron chi connectivity index (χ4n) is 4.07. The molecule has 5 nitrogen and oxygen atoms in total. The monoisotopic (exact) mass is 299 g/mol. The molecule has 1 aromatic rings. The summed E-state index contributed by atoms with van der Waals surface area (Å²) in [5.74, 6) is 1.44. The van der Waals surface area contributed by atoms with Gasteiger partial charge in [-0.25, -0.2) is 0 Å². The molecule has 2 amide bonds. The molecule has 0 radical (unpaired) electrons. The van der Waals surface area contributed by atoms with Crippen LogP contribution in [-0.2, 0) is 11.2 Å². The summed E-state index contributed by atoms with van der Waals surface area (Å²) in [6.07, 6.45) is 0.838. The van der Waals surface area contributed by atoms with Gasteiger partial charge in [-0.05, 0) is 42.0 Å². The van der Waals surface area contributed by atoms with Gasteiger partial charge in [0.15, 0.2) is 0 Å². The second-order valence-electron chi connectivity index (χ2n) is 6.65. The Bertz CT molecular complexity index is 631. The maximum Gasteiger partial charge on any atom is 0.253 e. The van der Waals surface area contributed by atoms with Crippen LogP contribution in [0.3, 0.4) is 0 Å². The summed E-state index contributed by atoms with van der Waals surface area (Å²) in [5.41, 5.74) is 2.84. The van der Waals surface area contributed by atoms with Crippen LogP contribution in [0.2, 0.25) is 0 Å². The molecule has 22 heavy (non-hydrogen) atoms. The molecule has 2 atom stereocenters. The van der Waals surface area contributed by atoms with Gasteiger partial charge in [0.1, 0.15) is 0 Å². The summed E-state index contributed by atoms with van der Waals surface area (Å²) in [7, 11) is 0. The Labute approximate surface area is 130 Å². The van der Waals surface area contributed by atoms with Gasteiger partial charge in [0, 0.05) is 50.9 Å². The van der Waals surface area contributed by atoms with Crippen molar-refractivity contribution in [2.45, 2.75) is 13.3 Å². The molecule has 116 valence electrons. The molecule has 1 aromatic carbocycles. The second-order valence-corrected chi connectivity index (χ2v) is 6.65. The molecule has 4 rings (SSSR count). The molecule has 1 N–H and O–H groups in total. The van der Waals surface area contributed by atoms with Crippen molar-refractivity contribution < 1.29 is 9.59 Å². The van der Waals surface area contributed by atoms with Crippen molar-refractivity contribution in [2.75, 3.05) is 37.6 Å². The number of benzene rings is 1. The molecule has 5 heteroatoms. The van der Waals surface area contributed by atoms with Crippen LogP contribution < -0.4 is 10.2 Å². The minimum atomic E-state index is 0.0673. The first-order valence-corrected chi connectivity index (χ1v) is 8.04. The van der Waals surface area contributed by atoms with Gasteiger partial charge in [-0.15, -0.1) is 0 Å². The summed E-state index contributed by atoms with van der Waals surface area (Å²) in [6, 6.07) is 5.77. The summed E-state index contributed by atoms with van der Waals surface area (Å²) < 4.78 is 0. The number of fused-ring (bicyclic) bond motifs is 2. The zero-order valence-corrected chi connectivity index (χ0v) is 12.8. The first kappa shape index (κ1) is 13.8. The van der Waals surface area contributed by atoms with Crippen molar-refractivity contribution in [3.63, 3.8) is 0 Å². The number of carbonyl (C=O) groups is 2. The van der Waals surface area contributed by atoms with Crippen molar-refractivity contribution in [3.8, 4) is 0 Å². The van der Waals surface area contributed by atoms with E-state index in [1.807, 2.05) is 23.1 Å². The molecule has 0 aliphatic carbocycles. The molecule has 0 aromatic heterocycles. The topological polar surface area (TPSA) is 52.7 Å². The Morgan fingerprint density at radius 1 is 1.18 bits per heavy atom. The highest BCUT2D eigenvalue weighted by Gasteiger charge is 2.38. The molecule has 2 saturated heterocycles. The smallest absolute Gasteiger partial charge is 0.253 e. The average Bonchev–Trinajstić information content (AvgIpc) is 3.19.